The first-order chi connectivity index (χ1) is 9.02. The molecule has 100 valence electrons. The number of ether oxygens (including phenoxy) is 1. The van der Waals surface area contributed by atoms with E-state index in [-0.39, 0.29) is 17.0 Å². The number of anilines is 1. The largest absolute Gasteiger partial charge is 0.505 e. The van der Waals surface area contributed by atoms with Gasteiger partial charge in [0.2, 0.25) is 0 Å². The van der Waals surface area contributed by atoms with Crippen molar-refractivity contribution in [3.8, 4) is 11.5 Å². The number of halogens is 1. The van der Waals surface area contributed by atoms with Gasteiger partial charge in [0.25, 0.3) is 0 Å². The fraction of sp³-hybridized carbons (Fsp3) is 0.143. The number of rotatable bonds is 3. The molecule has 0 saturated heterocycles. The number of aromatic hydroxyl groups is 1. The summed E-state index contributed by atoms with van der Waals surface area (Å²) >= 11 is 5.88. The lowest BCUT2D eigenvalue weighted by Crippen LogP contribution is -2.02. The van der Waals surface area contributed by atoms with E-state index in [9.17, 15) is 10.2 Å². The van der Waals surface area contributed by atoms with Crippen LogP contribution in [-0.4, -0.2) is 17.3 Å². The quantitative estimate of drug-likeness (QED) is 0.596. The van der Waals surface area contributed by atoms with Crippen molar-refractivity contribution >= 4 is 17.3 Å². The van der Waals surface area contributed by atoms with Crippen LogP contribution in [0.1, 0.15) is 17.2 Å². The first-order valence-corrected chi connectivity index (χ1v) is 6.00. The maximum absolute atomic E-state index is 10.3. The summed E-state index contributed by atoms with van der Waals surface area (Å²) in [5.74, 6) is 0.526. The predicted molar refractivity (Wildman–Crippen MR) is 74.6 cm³/mol. The molecular formula is C14H14ClNO3. The summed E-state index contributed by atoms with van der Waals surface area (Å²) in [4.78, 5) is 0. The number of hydrogen-bond donors (Lipinski definition) is 3. The van der Waals surface area contributed by atoms with Gasteiger partial charge in [-0.05, 0) is 29.8 Å². The zero-order valence-corrected chi connectivity index (χ0v) is 11.1. The highest BCUT2D eigenvalue weighted by Crippen LogP contribution is 2.36. The first kappa shape index (κ1) is 13.5. The summed E-state index contributed by atoms with van der Waals surface area (Å²) < 4.78 is 5.04. The maximum atomic E-state index is 10.3. The molecule has 0 bridgehead atoms. The molecule has 19 heavy (non-hydrogen) atoms. The monoisotopic (exact) mass is 279 g/mol. The van der Waals surface area contributed by atoms with E-state index in [0.717, 1.165) is 0 Å². The molecule has 4 nitrogen and oxygen atoms in total. The molecular weight excluding hydrogens is 266 g/mol. The molecule has 2 aromatic carbocycles. The van der Waals surface area contributed by atoms with Crippen LogP contribution in [0.25, 0.3) is 0 Å². The molecule has 0 aliphatic rings. The molecule has 0 heterocycles. The number of nitrogens with two attached hydrogens (primary N) is 1. The van der Waals surface area contributed by atoms with E-state index in [2.05, 4.69) is 0 Å². The fourth-order valence-corrected chi connectivity index (χ4v) is 2.05. The molecule has 1 unspecified atom stereocenters. The van der Waals surface area contributed by atoms with E-state index in [1.54, 1.807) is 31.4 Å². The molecule has 0 aliphatic carbocycles. The van der Waals surface area contributed by atoms with Crippen molar-refractivity contribution < 1.29 is 14.9 Å². The van der Waals surface area contributed by atoms with Crippen LogP contribution in [0.4, 0.5) is 5.69 Å². The smallest absolute Gasteiger partial charge is 0.144 e. The highest BCUT2D eigenvalue weighted by Gasteiger charge is 2.17. The van der Waals surface area contributed by atoms with Crippen molar-refractivity contribution in [2.75, 3.05) is 12.8 Å². The van der Waals surface area contributed by atoms with E-state index in [4.69, 9.17) is 22.1 Å². The second kappa shape index (κ2) is 5.38. The maximum Gasteiger partial charge on any atom is 0.144 e. The molecule has 2 aromatic rings. The Balaban J connectivity index is 2.40. The molecule has 5 heteroatoms. The van der Waals surface area contributed by atoms with Crippen LogP contribution in [0, 0.1) is 0 Å². The van der Waals surface area contributed by atoms with Crippen molar-refractivity contribution in [1.29, 1.82) is 0 Å². The number of phenols is 1. The minimum Gasteiger partial charge on any atom is -0.505 e. The zero-order chi connectivity index (χ0) is 14.0. The SMILES string of the molecule is COc1ccc(C(O)c2cc(Cl)cc(N)c2O)cc1. The number of aliphatic hydroxyl groups is 1. The average Bonchev–Trinajstić information content (AvgIpc) is 2.42. The molecule has 2 rings (SSSR count). The van der Waals surface area contributed by atoms with Crippen LogP contribution in [0.2, 0.25) is 5.02 Å². The Morgan fingerprint density at radius 1 is 1.21 bits per heavy atom. The molecule has 0 saturated carbocycles. The van der Waals surface area contributed by atoms with Crippen LogP contribution in [0.5, 0.6) is 11.5 Å². The van der Waals surface area contributed by atoms with Crippen molar-refractivity contribution in [3.63, 3.8) is 0 Å². The standard InChI is InChI=1S/C14H14ClNO3/c1-19-10-4-2-8(3-5-10)13(17)11-6-9(15)7-12(16)14(11)18/h2-7,13,17-18H,16H2,1H3. The third-order valence-electron chi connectivity index (χ3n) is 2.86. The van der Waals surface area contributed by atoms with Gasteiger partial charge in [0.1, 0.15) is 17.6 Å². The number of methoxy groups -OCH3 is 1. The van der Waals surface area contributed by atoms with Gasteiger partial charge in [-0.2, -0.15) is 0 Å². The van der Waals surface area contributed by atoms with Gasteiger partial charge in [0, 0.05) is 10.6 Å². The average molecular weight is 280 g/mol. The zero-order valence-electron chi connectivity index (χ0n) is 10.3. The highest BCUT2D eigenvalue weighted by molar-refractivity contribution is 6.31. The Morgan fingerprint density at radius 2 is 1.84 bits per heavy atom. The molecule has 0 aliphatic heterocycles. The normalized spacial score (nSPS) is 12.2. The number of aliphatic hydroxyl groups excluding tert-OH is 1. The minimum absolute atomic E-state index is 0.134. The Morgan fingerprint density at radius 3 is 2.42 bits per heavy atom. The summed E-state index contributed by atoms with van der Waals surface area (Å²) in [6.07, 6.45) is -1.01. The molecule has 4 N–H and O–H groups in total. The first-order valence-electron chi connectivity index (χ1n) is 5.63. The number of benzene rings is 2. The van der Waals surface area contributed by atoms with Gasteiger partial charge >= 0.3 is 0 Å². The van der Waals surface area contributed by atoms with Crippen LogP contribution in [0.15, 0.2) is 36.4 Å². The molecule has 0 amide bonds. The minimum atomic E-state index is -1.01. The Kier molecular flexibility index (Phi) is 3.83. The van der Waals surface area contributed by atoms with Crippen molar-refractivity contribution in [2.24, 2.45) is 0 Å². The van der Waals surface area contributed by atoms with E-state index >= 15 is 0 Å². The van der Waals surface area contributed by atoms with Gasteiger partial charge < -0.3 is 20.7 Å². The molecule has 1 atom stereocenters. The van der Waals surface area contributed by atoms with Crippen LogP contribution in [0.3, 0.4) is 0 Å². The summed E-state index contributed by atoms with van der Waals surface area (Å²) in [6, 6.07) is 9.79. The third-order valence-corrected chi connectivity index (χ3v) is 3.08. The second-order valence-electron chi connectivity index (χ2n) is 4.11. The van der Waals surface area contributed by atoms with Gasteiger partial charge in [-0.3, -0.25) is 0 Å². The molecule has 0 radical (unpaired) electrons. The number of phenolic OH excluding ortho intramolecular Hbond substituents is 1. The van der Waals surface area contributed by atoms with Gasteiger partial charge in [-0.1, -0.05) is 23.7 Å². The van der Waals surface area contributed by atoms with Crippen molar-refractivity contribution in [1.82, 2.24) is 0 Å². The van der Waals surface area contributed by atoms with E-state index < -0.39 is 6.10 Å². The van der Waals surface area contributed by atoms with Gasteiger partial charge in [-0.25, -0.2) is 0 Å². The lowest BCUT2D eigenvalue weighted by Gasteiger charge is -2.15. The summed E-state index contributed by atoms with van der Waals surface area (Å²) in [7, 11) is 1.56. The number of hydrogen-bond acceptors (Lipinski definition) is 4. The number of nitrogen functional groups attached to an aromatic ring is 1. The Labute approximate surface area is 116 Å². The summed E-state index contributed by atoms with van der Waals surface area (Å²) in [5, 5.41) is 20.5. The second-order valence-corrected chi connectivity index (χ2v) is 4.54. The van der Waals surface area contributed by atoms with Crippen molar-refractivity contribution in [3.05, 3.63) is 52.5 Å². The van der Waals surface area contributed by atoms with Crippen LogP contribution >= 0.6 is 11.6 Å². The Hall–Kier alpha value is -1.91. The van der Waals surface area contributed by atoms with Gasteiger partial charge in [0.05, 0.1) is 12.8 Å². The summed E-state index contributed by atoms with van der Waals surface area (Å²) in [6.45, 7) is 0. The molecule has 0 spiro atoms. The third kappa shape index (κ3) is 2.75. The lowest BCUT2D eigenvalue weighted by molar-refractivity contribution is 0.215. The summed E-state index contributed by atoms with van der Waals surface area (Å²) in [5.41, 5.74) is 6.63. The lowest BCUT2D eigenvalue weighted by atomic mass is 10.00. The van der Waals surface area contributed by atoms with Gasteiger partial charge in [0.15, 0.2) is 0 Å². The van der Waals surface area contributed by atoms with Gasteiger partial charge in [-0.15, -0.1) is 0 Å². The molecule has 0 aromatic heterocycles. The Bertz CT molecular complexity index is 584. The van der Waals surface area contributed by atoms with Crippen molar-refractivity contribution in [2.45, 2.75) is 6.10 Å². The highest BCUT2D eigenvalue weighted by atomic mass is 35.5. The van der Waals surface area contributed by atoms with Crippen LogP contribution < -0.4 is 10.5 Å². The predicted octanol–water partition coefficient (Wildman–Crippen LogP) is 2.72. The van der Waals surface area contributed by atoms with E-state index in [0.29, 0.717) is 16.3 Å². The fourth-order valence-electron chi connectivity index (χ4n) is 1.82. The topological polar surface area (TPSA) is 75.7 Å². The van der Waals surface area contributed by atoms with E-state index in [1.165, 1.54) is 12.1 Å². The van der Waals surface area contributed by atoms with Crippen LogP contribution in [-0.2, 0) is 0 Å². The molecule has 0 fully saturated rings. The van der Waals surface area contributed by atoms with E-state index in [1.807, 2.05) is 0 Å².